The van der Waals surface area contributed by atoms with Gasteiger partial charge in [0.1, 0.15) is 23.1 Å². The molecule has 1 amide bonds. The number of nitrogens with one attached hydrogen (secondary N) is 1. The third-order valence-electron chi connectivity index (χ3n) is 3.93. The van der Waals surface area contributed by atoms with Gasteiger partial charge in [-0.25, -0.2) is 28.1 Å². The van der Waals surface area contributed by atoms with Crippen LogP contribution in [0.4, 0.5) is 13.6 Å². The molecule has 174 valence electrons. The molecule has 2 aromatic rings. The van der Waals surface area contributed by atoms with Crippen molar-refractivity contribution in [1.82, 2.24) is 24.9 Å². The summed E-state index contributed by atoms with van der Waals surface area (Å²) in [5.41, 5.74) is -0.196. The third-order valence-corrected chi connectivity index (χ3v) is 4.31. The van der Waals surface area contributed by atoms with E-state index in [0.29, 0.717) is 22.6 Å². The third kappa shape index (κ3) is 9.72. The maximum atomic E-state index is 13.2. The lowest BCUT2D eigenvalue weighted by molar-refractivity contribution is 0.00502. The van der Waals surface area contributed by atoms with Gasteiger partial charge in [0.2, 0.25) is 11.6 Å². The van der Waals surface area contributed by atoms with Crippen LogP contribution in [0.3, 0.4) is 0 Å². The van der Waals surface area contributed by atoms with Crippen LogP contribution in [0.1, 0.15) is 47.0 Å². The summed E-state index contributed by atoms with van der Waals surface area (Å²) in [6.07, 6.45) is 2.53. The summed E-state index contributed by atoms with van der Waals surface area (Å²) in [5.74, 6) is -2.50. The lowest BCUT2D eigenvalue weighted by atomic mass is 10.1. The van der Waals surface area contributed by atoms with Crippen LogP contribution in [-0.2, 0) is 9.47 Å². The normalized spacial score (nSPS) is 13.3. The Balaban J connectivity index is 1.77. The van der Waals surface area contributed by atoms with Crippen LogP contribution in [0, 0.1) is 0 Å². The number of hydrogen-bond donors (Lipinski definition) is 1. The zero-order valence-corrected chi connectivity index (χ0v) is 19.6. The van der Waals surface area contributed by atoms with Gasteiger partial charge in [-0.15, -0.1) is 0 Å². The molecule has 0 saturated heterocycles. The number of halogens is 3. The second-order valence-electron chi connectivity index (χ2n) is 8.10. The monoisotopic (exact) mass is 507 g/mol. The number of carbonyl (C=O) groups excluding carboxylic acids is 1. The molecule has 2 heterocycles. The molecule has 0 aliphatic carbocycles. The second kappa shape index (κ2) is 11.0. The summed E-state index contributed by atoms with van der Waals surface area (Å²) in [5, 5.41) is 6.67. The topological polar surface area (TPSA) is 99.9 Å². The average molecular weight is 508 g/mol. The molecule has 0 bridgehead atoms. The lowest BCUT2D eigenvalue weighted by Crippen LogP contribution is -2.40. The maximum absolute atomic E-state index is 13.2. The molecule has 1 unspecified atom stereocenters. The van der Waals surface area contributed by atoms with Crippen molar-refractivity contribution in [3.8, 4) is 5.88 Å². The fraction of sp³-hybridized carbons (Fsp3) is 0.684. The van der Waals surface area contributed by atoms with Crippen molar-refractivity contribution in [2.24, 2.45) is 0 Å². The minimum Gasteiger partial charge on any atom is -0.473 e. The first-order chi connectivity index (χ1) is 14.4. The van der Waals surface area contributed by atoms with E-state index in [9.17, 15) is 13.6 Å². The van der Waals surface area contributed by atoms with Crippen molar-refractivity contribution >= 4 is 27.7 Å². The van der Waals surface area contributed by atoms with Crippen LogP contribution in [0.5, 0.6) is 5.88 Å². The highest BCUT2D eigenvalue weighted by Gasteiger charge is 2.25. The Morgan fingerprint density at radius 2 is 1.97 bits per heavy atom. The molecular formula is C19H28BrF2N5O4. The predicted molar refractivity (Wildman–Crippen MR) is 112 cm³/mol. The molecule has 0 aliphatic rings. The predicted octanol–water partition coefficient (Wildman–Crippen LogP) is 4.00. The van der Waals surface area contributed by atoms with Crippen LogP contribution in [0.2, 0.25) is 0 Å². The number of hydrogen-bond acceptors (Lipinski definition) is 7. The summed E-state index contributed by atoms with van der Waals surface area (Å²) < 4.78 is 44.9. The summed E-state index contributed by atoms with van der Waals surface area (Å²) >= 11 is 3.27. The first kappa shape index (κ1) is 25.2. The lowest BCUT2D eigenvalue weighted by Gasteiger charge is -2.24. The van der Waals surface area contributed by atoms with Gasteiger partial charge >= 0.3 is 6.09 Å². The number of amides is 1. The fourth-order valence-electron chi connectivity index (χ4n) is 2.59. The van der Waals surface area contributed by atoms with Crippen LogP contribution >= 0.6 is 15.9 Å². The molecule has 0 aliphatic heterocycles. The van der Waals surface area contributed by atoms with Crippen molar-refractivity contribution in [1.29, 1.82) is 0 Å². The number of aromatic nitrogens is 4. The van der Waals surface area contributed by atoms with E-state index in [0.717, 1.165) is 6.92 Å². The number of nitrogens with zero attached hydrogens (tertiary/aromatic N) is 4. The van der Waals surface area contributed by atoms with E-state index in [2.05, 4.69) is 36.3 Å². The van der Waals surface area contributed by atoms with Gasteiger partial charge < -0.3 is 19.5 Å². The van der Waals surface area contributed by atoms with Crippen molar-refractivity contribution in [2.45, 2.75) is 64.5 Å². The first-order valence-electron chi connectivity index (χ1n) is 9.87. The summed E-state index contributed by atoms with van der Waals surface area (Å²) in [6, 6.07) is -0.496. The smallest absolute Gasteiger partial charge is 0.407 e. The first-order valence-corrected chi connectivity index (χ1v) is 10.7. The van der Waals surface area contributed by atoms with E-state index in [1.807, 2.05) is 0 Å². The minimum absolute atomic E-state index is 0.107. The van der Waals surface area contributed by atoms with Crippen molar-refractivity contribution in [3.63, 3.8) is 0 Å². The van der Waals surface area contributed by atoms with Gasteiger partial charge in [-0.1, -0.05) is 0 Å². The molecule has 0 saturated carbocycles. The number of rotatable bonds is 11. The summed E-state index contributed by atoms with van der Waals surface area (Å²) in [4.78, 5) is 20.3. The number of ether oxygens (including phenoxy) is 3. The SMILES string of the molecule is CC(F)(F)CCC(CCOCCOc1nc(Br)cn2ncnc12)NC(=O)OC(C)(C)C. The van der Waals surface area contributed by atoms with Gasteiger partial charge in [0.25, 0.3) is 5.88 Å². The summed E-state index contributed by atoms with van der Waals surface area (Å²) in [7, 11) is 0. The second-order valence-corrected chi connectivity index (χ2v) is 8.91. The highest BCUT2D eigenvalue weighted by molar-refractivity contribution is 9.10. The molecule has 0 radical (unpaired) electrons. The van der Waals surface area contributed by atoms with Crippen LogP contribution in [0.25, 0.3) is 5.65 Å². The van der Waals surface area contributed by atoms with Gasteiger partial charge in [-0.05, 0) is 56.5 Å². The Labute approximate surface area is 188 Å². The highest BCUT2D eigenvalue weighted by atomic mass is 79.9. The van der Waals surface area contributed by atoms with E-state index in [1.165, 1.54) is 10.8 Å². The van der Waals surface area contributed by atoms with E-state index < -0.39 is 23.7 Å². The Morgan fingerprint density at radius 1 is 1.23 bits per heavy atom. The molecule has 0 fully saturated rings. The molecule has 9 nitrogen and oxygen atoms in total. The number of carbonyl (C=O) groups is 1. The molecule has 2 rings (SSSR count). The van der Waals surface area contributed by atoms with Crippen molar-refractivity contribution < 1.29 is 27.8 Å². The van der Waals surface area contributed by atoms with Crippen LogP contribution in [0.15, 0.2) is 17.1 Å². The van der Waals surface area contributed by atoms with Crippen molar-refractivity contribution in [3.05, 3.63) is 17.1 Å². The molecule has 1 N–H and O–H groups in total. The highest BCUT2D eigenvalue weighted by Crippen LogP contribution is 2.21. The van der Waals surface area contributed by atoms with Gasteiger partial charge in [0, 0.05) is 19.1 Å². The van der Waals surface area contributed by atoms with E-state index >= 15 is 0 Å². The Bertz CT molecular complexity index is 854. The fourth-order valence-corrected chi connectivity index (χ4v) is 2.94. The molecule has 2 aromatic heterocycles. The molecule has 0 spiro atoms. The van der Waals surface area contributed by atoms with Gasteiger partial charge in [0.15, 0.2) is 0 Å². The molecular weight excluding hydrogens is 480 g/mol. The van der Waals surface area contributed by atoms with Gasteiger partial charge in [-0.2, -0.15) is 5.10 Å². The molecule has 31 heavy (non-hydrogen) atoms. The maximum Gasteiger partial charge on any atom is 0.407 e. The van der Waals surface area contributed by atoms with E-state index in [4.69, 9.17) is 14.2 Å². The molecule has 1 atom stereocenters. The van der Waals surface area contributed by atoms with Crippen LogP contribution in [-0.4, -0.2) is 63.1 Å². The van der Waals surface area contributed by atoms with E-state index in [-0.39, 0.29) is 32.7 Å². The zero-order chi connectivity index (χ0) is 23.1. The number of alkyl carbamates (subject to hydrolysis) is 1. The largest absolute Gasteiger partial charge is 0.473 e. The Hall–Kier alpha value is -2.08. The molecule has 12 heteroatoms. The Kier molecular flexibility index (Phi) is 8.92. The molecule has 0 aromatic carbocycles. The standard InChI is InChI=1S/C19H28BrF2N5O4/c1-18(2,3)31-17(28)25-13(5-7-19(4,21)22)6-8-29-9-10-30-16-15-23-12-24-27(15)11-14(20)26-16/h11-13H,5-10H2,1-4H3,(H,25,28). The quantitative estimate of drug-likeness (QED) is 0.458. The van der Waals surface area contributed by atoms with Crippen LogP contribution < -0.4 is 10.1 Å². The average Bonchev–Trinajstić information content (AvgIpc) is 3.08. The Morgan fingerprint density at radius 3 is 2.65 bits per heavy atom. The van der Waals surface area contributed by atoms with Gasteiger partial charge in [-0.3, -0.25) is 0 Å². The number of fused-ring (bicyclic) bond motifs is 1. The van der Waals surface area contributed by atoms with E-state index in [1.54, 1.807) is 27.0 Å². The minimum atomic E-state index is -2.81. The van der Waals surface area contributed by atoms with Crippen molar-refractivity contribution in [2.75, 3.05) is 19.8 Å². The van der Waals surface area contributed by atoms with Gasteiger partial charge in [0.05, 0.1) is 12.8 Å². The zero-order valence-electron chi connectivity index (χ0n) is 18.0. The number of alkyl halides is 2. The summed E-state index contributed by atoms with van der Waals surface area (Å²) in [6.45, 7) is 6.77.